The molecule has 4 N–H and O–H groups in total. The molecule has 0 unspecified atom stereocenters. The van der Waals surface area contributed by atoms with E-state index in [1.54, 1.807) is 0 Å². The maximum absolute atomic E-state index is 12.7. The number of hydrogen-bond donors (Lipinski definition) is 4. The molecule has 1 saturated heterocycles. The van der Waals surface area contributed by atoms with Gasteiger partial charge in [0.1, 0.15) is 0 Å². The van der Waals surface area contributed by atoms with Gasteiger partial charge in [-0.2, -0.15) is 0 Å². The van der Waals surface area contributed by atoms with Crippen molar-refractivity contribution in [2.75, 3.05) is 45.8 Å². The Morgan fingerprint density at radius 1 is 0.464 bits per heavy atom. The molecule has 0 radical (unpaired) electrons. The number of halogens is 4. The van der Waals surface area contributed by atoms with E-state index in [-0.39, 0.29) is 44.8 Å². The van der Waals surface area contributed by atoms with Gasteiger partial charge in [0, 0.05) is 68.2 Å². The van der Waals surface area contributed by atoms with Crippen molar-refractivity contribution in [3.05, 3.63) is 137 Å². The molecule has 4 atom stereocenters. The topological polar surface area (TPSA) is 134 Å². The van der Waals surface area contributed by atoms with Gasteiger partial charge in [0.05, 0.1) is 19.6 Å². The number of nitrogens with zero attached hydrogens (tertiary/aromatic N) is 3. The van der Waals surface area contributed by atoms with Gasteiger partial charge in [-0.25, -0.2) is 0 Å². The Labute approximate surface area is 361 Å². The Morgan fingerprint density at radius 3 is 1.09 bits per heavy atom. The van der Waals surface area contributed by atoms with E-state index in [9.17, 15) is 29.7 Å². The molecule has 1 aliphatic heterocycles. The van der Waals surface area contributed by atoms with Crippen LogP contribution < -0.4 is 5.32 Å². The van der Waals surface area contributed by atoms with Crippen LogP contribution in [0.1, 0.15) is 22.3 Å². The fourth-order valence-electron chi connectivity index (χ4n) is 7.41. The zero-order valence-electron chi connectivity index (χ0n) is 30.7. The van der Waals surface area contributed by atoms with Gasteiger partial charge in [-0.3, -0.25) is 29.1 Å². The van der Waals surface area contributed by atoms with E-state index < -0.39 is 30.0 Å². The van der Waals surface area contributed by atoms with Gasteiger partial charge in [-0.1, -0.05) is 112 Å². The zero-order valence-corrected chi connectivity index (χ0v) is 37.1. The quantitative estimate of drug-likeness (QED) is 0.103. The predicted molar refractivity (Wildman–Crippen MR) is 232 cm³/mol. The van der Waals surface area contributed by atoms with Gasteiger partial charge in [0.15, 0.2) is 0 Å². The Hall–Kier alpha value is -2.95. The average Bonchev–Trinajstić information content (AvgIpc) is 3.14. The van der Waals surface area contributed by atoms with E-state index in [2.05, 4.69) is 69.0 Å². The lowest BCUT2D eigenvalue weighted by atomic mass is 9.96. The SMILES string of the molecule is O=C(O)CN1C[C@H](Cc2ccc(Br)cc2)NC[C@H](Cc2ccc(Br)cc2)N(CC(=O)O)C[C@H](Cc2ccc(Br)cc2)N(CC(=O)O)C[C@@H]1Cc1ccc(Br)cc1. The summed E-state index contributed by atoms with van der Waals surface area (Å²) in [5.74, 6) is -2.97. The zero-order chi connectivity index (χ0) is 40.2. The van der Waals surface area contributed by atoms with Crippen LogP contribution in [0, 0.1) is 0 Å². The summed E-state index contributed by atoms with van der Waals surface area (Å²) in [4.78, 5) is 43.9. The van der Waals surface area contributed by atoms with Crippen molar-refractivity contribution >= 4 is 81.6 Å². The summed E-state index contributed by atoms with van der Waals surface area (Å²) in [6.07, 6.45) is 2.04. The third-order valence-corrected chi connectivity index (χ3v) is 12.2. The minimum absolute atomic E-state index is 0.229. The predicted octanol–water partition coefficient (Wildman–Crippen LogP) is 7.24. The molecule has 56 heavy (non-hydrogen) atoms. The van der Waals surface area contributed by atoms with Gasteiger partial charge in [-0.05, 0) is 96.5 Å². The fourth-order valence-corrected chi connectivity index (χ4v) is 8.47. The highest BCUT2D eigenvalue weighted by Gasteiger charge is 2.34. The number of aliphatic carboxylic acids is 3. The van der Waals surface area contributed by atoms with Crippen LogP contribution >= 0.6 is 63.7 Å². The van der Waals surface area contributed by atoms with E-state index in [1.807, 2.05) is 112 Å². The van der Waals surface area contributed by atoms with E-state index in [0.29, 0.717) is 38.8 Å². The van der Waals surface area contributed by atoms with Crippen LogP contribution in [0.3, 0.4) is 0 Å². The molecule has 0 saturated carbocycles. The van der Waals surface area contributed by atoms with E-state index in [1.165, 1.54) is 0 Å². The third kappa shape index (κ3) is 14.5. The highest BCUT2D eigenvalue weighted by Crippen LogP contribution is 2.23. The van der Waals surface area contributed by atoms with Gasteiger partial charge in [0.2, 0.25) is 0 Å². The van der Waals surface area contributed by atoms with E-state index in [0.717, 1.165) is 40.1 Å². The number of rotatable bonds is 14. The molecule has 0 aromatic heterocycles. The molecule has 1 aliphatic rings. The molecule has 0 spiro atoms. The van der Waals surface area contributed by atoms with Crippen LogP contribution in [0.5, 0.6) is 0 Å². The summed E-state index contributed by atoms with van der Waals surface area (Å²) in [5.41, 5.74) is 4.05. The molecule has 4 aromatic carbocycles. The molecule has 10 nitrogen and oxygen atoms in total. The second kappa shape index (κ2) is 21.7. The van der Waals surface area contributed by atoms with Crippen LogP contribution in [-0.2, 0) is 40.1 Å². The summed E-state index contributed by atoms with van der Waals surface area (Å²) in [5, 5.41) is 34.9. The van der Waals surface area contributed by atoms with Crippen molar-refractivity contribution < 1.29 is 29.7 Å². The lowest BCUT2D eigenvalue weighted by Crippen LogP contribution is -2.60. The van der Waals surface area contributed by atoms with Gasteiger partial charge >= 0.3 is 17.9 Å². The summed E-state index contributed by atoms with van der Waals surface area (Å²) in [6, 6.07) is 30.4. The van der Waals surface area contributed by atoms with Gasteiger partial charge < -0.3 is 20.6 Å². The maximum atomic E-state index is 12.7. The van der Waals surface area contributed by atoms with Gasteiger partial charge in [0.25, 0.3) is 0 Å². The minimum Gasteiger partial charge on any atom is -0.480 e. The molecule has 5 rings (SSSR count). The standard InChI is InChI=1S/C42H46Br4N4O6/c43-32-9-1-28(2-10-32)17-36-22-48(25-40(51)52)38(19-30-5-13-34(45)14-6-30)24-50(27-42(55)56)39(20-31-7-15-35(46)16-8-31)23-49(26-41(53)54)37(21-47-36)18-29-3-11-33(44)12-4-29/h1-16,36-39,47H,17-27H2,(H,51,52)(H,53,54)(H,55,56)/t36-,37-,38-,39-/m0/s1. The smallest absolute Gasteiger partial charge is 0.317 e. The summed E-state index contributed by atoms with van der Waals surface area (Å²) in [7, 11) is 0. The third-order valence-electron chi connectivity index (χ3n) is 10.1. The summed E-state index contributed by atoms with van der Waals surface area (Å²) < 4.78 is 3.71. The second-order valence-corrected chi connectivity index (χ2v) is 18.0. The van der Waals surface area contributed by atoms with E-state index in [4.69, 9.17) is 0 Å². The van der Waals surface area contributed by atoms with Crippen molar-refractivity contribution in [3.8, 4) is 0 Å². The van der Waals surface area contributed by atoms with Crippen LogP contribution in [0.2, 0.25) is 0 Å². The van der Waals surface area contributed by atoms with Crippen LogP contribution in [0.15, 0.2) is 115 Å². The first kappa shape index (κ1) is 44.2. The lowest BCUT2D eigenvalue weighted by Gasteiger charge is -2.43. The first-order valence-electron chi connectivity index (χ1n) is 18.4. The molecular formula is C42H46Br4N4O6. The van der Waals surface area contributed by atoms with Crippen molar-refractivity contribution in [2.45, 2.75) is 49.9 Å². The summed E-state index contributed by atoms with van der Waals surface area (Å²) in [6.45, 7) is 0.466. The molecule has 298 valence electrons. The second-order valence-electron chi connectivity index (χ2n) is 14.4. The number of hydrogen-bond acceptors (Lipinski definition) is 7. The van der Waals surface area contributed by atoms with Crippen LogP contribution in [0.25, 0.3) is 0 Å². The molecular weight excluding hydrogens is 976 g/mol. The number of carbonyl (C=O) groups is 3. The van der Waals surface area contributed by atoms with Crippen molar-refractivity contribution in [1.29, 1.82) is 0 Å². The Morgan fingerprint density at radius 2 is 0.750 bits per heavy atom. The first-order valence-corrected chi connectivity index (χ1v) is 21.6. The molecule has 0 aliphatic carbocycles. The molecule has 1 fully saturated rings. The molecule has 14 heteroatoms. The van der Waals surface area contributed by atoms with Crippen molar-refractivity contribution in [1.82, 2.24) is 20.0 Å². The number of carboxylic acids is 3. The fraction of sp³-hybridized carbons (Fsp3) is 0.357. The molecule has 0 amide bonds. The van der Waals surface area contributed by atoms with Crippen LogP contribution in [0.4, 0.5) is 0 Å². The Balaban J connectivity index is 1.64. The molecule has 4 aromatic rings. The average molecular weight is 1020 g/mol. The van der Waals surface area contributed by atoms with Crippen molar-refractivity contribution in [2.24, 2.45) is 0 Å². The highest BCUT2D eigenvalue weighted by molar-refractivity contribution is 9.11. The first-order chi connectivity index (χ1) is 26.8. The van der Waals surface area contributed by atoms with E-state index >= 15 is 0 Å². The lowest BCUT2D eigenvalue weighted by molar-refractivity contribution is -0.142. The summed E-state index contributed by atoms with van der Waals surface area (Å²) >= 11 is 14.1. The highest BCUT2D eigenvalue weighted by atomic mass is 79.9. The molecule has 0 bridgehead atoms. The largest absolute Gasteiger partial charge is 0.480 e. The Bertz CT molecular complexity index is 1870. The van der Waals surface area contributed by atoms with Crippen molar-refractivity contribution in [3.63, 3.8) is 0 Å². The number of carboxylic acid groups (broad SMARTS) is 3. The number of benzene rings is 4. The molecule has 1 heterocycles. The Kier molecular flexibility index (Phi) is 17.1. The minimum atomic E-state index is -1.02. The van der Waals surface area contributed by atoms with Gasteiger partial charge in [-0.15, -0.1) is 0 Å². The monoisotopic (exact) mass is 1020 g/mol. The maximum Gasteiger partial charge on any atom is 0.317 e. The number of nitrogens with one attached hydrogen (secondary N) is 1. The normalized spacial score (nSPS) is 20.5. The van der Waals surface area contributed by atoms with Crippen LogP contribution in [-0.4, -0.2) is 118 Å².